The van der Waals surface area contributed by atoms with Crippen LogP contribution in [0.25, 0.3) is 0 Å². The number of benzene rings is 2. The van der Waals surface area contributed by atoms with Gasteiger partial charge in [-0.1, -0.05) is 12.1 Å². The predicted octanol–water partition coefficient (Wildman–Crippen LogP) is 4.67. The summed E-state index contributed by atoms with van der Waals surface area (Å²) in [7, 11) is 0. The smallest absolute Gasteiger partial charge is 0.508 e. The highest BCUT2D eigenvalue weighted by molar-refractivity contribution is 6.20. The second kappa shape index (κ2) is 7.80. The summed E-state index contributed by atoms with van der Waals surface area (Å²) in [5.41, 5.74) is 0.202. The summed E-state index contributed by atoms with van der Waals surface area (Å²) in [5, 5.41) is 20.2. The number of alkyl halides is 3. The first-order valence-electron chi connectivity index (χ1n) is 9.15. The molecule has 2 N–H and O–H groups in total. The number of halogens is 3. The largest absolute Gasteiger partial charge is 0.573 e. The van der Waals surface area contributed by atoms with Crippen LogP contribution in [0.3, 0.4) is 0 Å². The lowest BCUT2D eigenvalue weighted by atomic mass is 9.94. The van der Waals surface area contributed by atoms with Gasteiger partial charge in [0.2, 0.25) is 5.78 Å². The van der Waals surface area contributed by atoms with Crippen LogP contribution < -0.4 is 9.64 Å². The van der Waals surface area contributed by atoms with Gasteiger partial charge in [-0.15, -0.1) is 13.2 Å². The molecule has 0 aliphatic carbocycles. The quantitative estimate of drug-likeness (QED) is 0.554. The van der Waals surface area contributed by atoms with Crippen molar-refractivity contribution in [2.45, 2.75) is 12.4 Å². The highest BCUT2D eigenvalue weighted by Crippen LogP contribution is 2.42. The second-order valence-corrected chi connectivity index (χ2v) is 6.78. The van der Waals surface area contributed by atoms with E-state index in [1.165, 1.54) is 54.8 Å². The van der Waals surface area contributed by atoms with Crippen molar-refractivity contribution in [2.75, 3.05) is 4.90 Å². The van der Waals surface area contributed by atoms with E-state index in [4.69, 9.17) is 4.42 Å². The number of aliphatic hydroxyl groups excluding tert-OH is 1. The number of nitrogens with zero attached hydrogens (tertiary/aromatic N) is 1. The number of ether oxygens (including phenoxy) is 1. The molecular formula is C22H14F3NO6. The maximum absolute atomic E-state index is 13.0. The van der Waals surface area contributed by atoms with Gasteiger partial charge in [0.1, 0.15) is 11.5 Å². The number of hydrogen-bond acceptors (Lipinski definition) is 6. The molecule has 4 rings (SSSR count). The normalized spacial score (nSPS) is 16.5. The van der Waals surface area contributed by atoms with Crippen LogP contribution in [-0.4, -0.2) is 28.3 Å². The minimum Gasteiger partial charge on any atom is -0.508 e. The van der Waals surface area contributed by atoms with E-state index >= 15 is 0 Å². The fourth-order valence-corrected chi connectivity index (χ4v) is 3.42. The van der Waals surface area contributed by atoms with Crippen molar-refractivity contribution >= 4 is 17.4 Å². The van der Waals surface area contributed by atoms with Gasteiger partial charge < -0.3 is 19.4 Å². The Hall–Kier alpha value is -4.21. The fourth-order valence-electron chi connectivity index (χ4n) is 3.42. The monoisotopic (exact) mass is 445 g/mol. The maximum Gasteiger partial charge on any atom is 0.573 e. The van der Waals surface area contributed by atoms with Crippen LogP contribution in [0, 0.1) is 0 Å². The lowest BCUT2D eigenvalue weighted by Crippen LogP contribution is -2.31. The Labute approximate surface area is 178 Å². The Morgan fingerprint density at radius 1 is 1.00 bits per heavy atom. The summed E-state index contributed by atoms with van der Waals surface area (Å²) in [6.45, 7) is 0. The number of anilines is 1. The van der Waals surface area contributed by atoms with E-state index in [0.29, 0.717) is 5.56 Å². The van der Waals surface area contributed by atoms with E-state index in [9.17, 15) is 33.0 Å². The number of carbonyl (C=O) groups is 2. The first kappa shape index (κ1) is 21.0. The van der Waals surface area contributed by atoms with Gasteiger partial charge in [-0.3, -0.25) is 14.5 Å². The van der Waals surface area contributed by atoms with Crippen LogP contribution in [0.5, 0.6) is 11.5 Å². The maximum atomic E-state index is 13.0. The number of aromatic hydroxyl groups is 1. The molecule has 0 fully saturated rings. The molecule has 0 saturated carbocycles. The molecule has 1 aliphatic rings. The fraction of sp³-hybridized carbons (Fsp3) is 0.0909. The van der Waals surface area contributed by atoms with Gasteiger partial charge >= 0.3 is 6.36 Å². The van der Waals surface area contributed by atoms with Crippen molar-refractivity contribution in [1.82, 2.24) is 0 Å². The zero-order chi connectivity index (χ0) is 23.0. The molecule has 7 nitrogen and oxygen atoms in total. The van der Waals surface area contributed by atoms with Crippen molar-refractivity contribution in [2.24, 2.45) is 0 Å². The molecular weight excluding hydrogens is 431 g/mol. The van der Waals surface area contributed by atoms with E-state index < -0.39 is 35.6 Å². The SMILES string of the molecule is O=C(C1=C(O)C(=O)N(c2ccc(OC(F)(F)F)cc2)C1c1ccc(O)cc1)c1ccco1. The molecule has 3 aromatic rings. The van der Waals surface area contributed by atoms with E-state index in [1.807, 2.05) is 0 Å². The number of carbonyl (C=O) groups excluding carboxylic acids is 2. The molecule has 2 aromatic carbocycles. The molecule has 0 bridgehead atoms. The Bertz CT molecular complexity index is 1180. The third-order valence-electron chi connectivity index (χ3n) is 4.76. The zero-order valence-electron chi connectivity index (χ0n) is 16.0. The molecule has 32 heavy (non-hydrogen) atoms. The summed E-state index contributed by atoms with van der Waals surface area (Å²) in [5.74, 6) is -3.16. The summed E-state index contributed by atoms with van der Waals surface area (Å²) in [6, 6.07) is 11.7. The molecule has 1 aliphatic heterocycles. The minimum atomic E-state index is -4.89. The van der Waals surface area contributed by atoms with Gasteiger partial charge in [-0.25, -0.2) is 0 Å². The van der Waals surface area contributed by atoms with Crippen LogP contribution in [0.2, 0.25) is 0 Å². The van der Waals surface area contributed by atoms with Crippen molar-refractivity contribution in [3.63, 3.8) is 0 Å². The Morgan fingerprint density at radius 3 is 2.22 bits per heavy atom. The van der Waals surface area contributed by atoms with Gasteiger partial charge in [0.25, 0.3) is 5.91 Å². The molecule has 164 valence electrons. The first-order chi connectivity index (χ1) is 15.2. The topological polar surface area (TPSA) is 100 Å². The number of amides is 1. The van der Waals surface area contributed by atoms with Gasteiger partial charge in [0.15, 0.2) is 11.5 Å². The molecule has 1 aromatic heterocycles. The summed E-state index contributed by atoms with van der Waals surface area (Å²) in [6.07, 6.45) is -3.63. The predicted molar refractivity (Wildman–Crippen MR) is 104 cm³/mol. The van der Waals surface area contributed by atoms with Gasteiger partial charge in [-0.2, -0.15) is 0 Å². The standard InChI is InChI=1S/C22H14F3NO6/c23-22(24,25)32-15-9-5-13(6-10-15)26-18(12-3-7-14(27)8-4-12)17(20(29)21(26)30)19(28)16-2-1-11-31-16/h1-11,18,27,29H. The third kappa shape index (κ3) is 3.89. The van der Waals surface area contributed by atoms with Crippen LogP contribution in [0.4, 0.5) is 18.9 Å². The van der Waals surface area contributed by atoms with Crippen molar-refractivity contribution in [1.29, 1.82) is 0 Å². The van der Waals surface area contributed by atoms with Crippen LogP contribution >= 0.6 is 0 Å². The molecule has 10 heteroatoms. The molecule has 1 unspecified atom stereocenters. The number of rotatable bonds is 5. The number of phenols is 1. The molecule has 1 amide bonds. The number of aliphatic hydroxyl groups is 1. The Balaban J connectivity index is 1.78. The molecule has 2 heterocycles. The third-order valence-corrected chi connectivity index (χ3v) is 4.76. The van der Waals surface area contributed by atoms with E-state index in [0.717, 1.165) is 17.0 Å². The van der Waals surface area contributed by atoms with Crippen LogP contribution in [0.15, 0.2) is 82.7 Å². The zero-order valence-corrected chi connectivity index (χ0v) is 16.0. The number of ketones is 1. The molecule has 0 spiro atoms. The van der Waals surface area contributed by atoms with Gasteiger partial charge in [-0.05, 0) is 54.1 Å². The first-order valence-corrected chi connectivity index (χ1v) is 9.15. The van der Waals surface area contributed by atoms with Crippen LogP contribution in [0.1, 0.15) is 22.2 Å². The average molecular weight is 445 g/mol. The summed E-state index contributed by atoms with van der Waals surface area (Å²) >= 11 is 0. The number of furan rings is 1. The number of hydrogen-bond donors (Lipinski definition) is 2. The minimum absolute atomic E-state index is 0.0645. The van der Waals surface area contributed by atoms with E-state index in [2.05, 4.69) is 4.74 Å². The lowest BCUT2D eigenvalue weighted by molar-refractivity contribution is -0.274. The highest BCUT2D eigenvalue weighted by atomic mass is 19.4. The van der Waals surface area contributed by atoms with Crippen LogP contribution in [-0.2, 0) is 4.79 Å². The summed E-state index contributed by atoms with van der Waals surface area (Å²) in [4.78, 5) is 27.0. The highest BCUT2D eigenvalue weighted by Gasteiger charge is 2.45. The Morgan fingerprint density at radius 2 is 1.66 bits per heavy atom. The van der Waals surface area contributed by atoms with E-state index in [1.54, 1.807) is 0 Å². The lowest BCUT2D eigenvalue weighted by Gasteiger charge is -2.27. The van der Waals surface area contributed by atoms with E-state index in [-0.39, 0.29) is 22.8 Å². The van der Waals surface area contributed by atoms with Gasteiger partial charge in [0.05, 0.1) is 17.9 Å². The second-order valence-electron chi connectivity index (χ2n) is 6.78. The van der Waals surface area contributed by atoms with Crippen molar-refractivity contribution in [3.05, 3.63) is 89.6 Å². The molecule has 0 saturated heterocycles. The number of Topliss-reactive ketones (excluding diaryl/α,β-unsaturated/α-hetero) is 1. The van der Waals surface area contributed by atoms with Crippen molar-refractivity contribution in [3.8, 4) is 11.5 Å². The van der Waals surface area contributed by atoms with Crippen molar-refractivity contribution < 1.29 is 42.1 Å². The summed E-state index contributed by atoms with van der Waals surface area (Å²) < 4.78 is 46.3. The molecule has 1 atom stereocenters. The molecule has 0 radical (unpaired) electrons. The average Bonchev–Trinajstić information content (AvgIpc) is 3.36. The Kier molecular flexibility index (Phi) is 5.13. The number of phenolic OH excluding ortho intramolecular Hbond substituents is 1. The van der Waals surface area contributed by atoms with Gasteiger partial charge in [0, 0.05) is 5.69 Å².